The Bertz CT molecular complexity index is 1050. The van der Waals surface area contributed by atoms with E-state index in [2.05, 4.69) is 27.3 Å². The van der Waals surface area contributed by atoms with Gasteiger partial charge in [0.2, 0.25) is 0 Å². The largest absolute Gasteiger partial charge is 0.398 e. The highest BCUT2D eigenvalue weighted by Crippen LogP contribution is 2.22. The number of nitrogens with zero attached hydrogens (tertiary/aromatic N) is 3. The fourth-order valence-electron chi connectivity index (χ4n) is 2.76. The number of carbonyl (C=O) groups excluding carboxylic acids is 1. The van der Waals surface area contributed by atoms with Gasteiger partial charge < -0.3 is 16.5 Å². The third-order valence-electron chi connectivity index (χ3n) is 4.52. The third-order valence-corrected chi connectivity index (χ3v) is 4.52. The minimum Gasteiger partial charge on any atom is -0.398 e. The highest BCUT2D eigenvalue weighted by atomic mass is 16.1. The molecule has 2 aromatic rings. The fraction of sp³-hybridized carbons (Fsp3) is 0.158. The van der Waals surface area contributed by atoms with E-state index in [9.17, 15) is 4.79 Å². The van der Waals surface area contributed by atoms with Crippen molar-refractivity contribution in [3.05, 3.63) is 64.2 Å². The summed E-state index contributed by atoms with van der Waals surface area (Å²) in [6.45, 7) is 3.53. The van der Waals surface area contributed by atoms with Crippen LogP contribution in [-0.2, 0) is 0 Å². The highest BCUT2D eigenvalue weighted by molar-refractivity contribution is 6.14. The molecule has 0 radical (unpaired) electrons. The zero-order chi connectivity index (χ0) is 20.4. The van der Waals surface area contributed by atoms with E-state index in [1.54, 1.807) is 50.3 Å². The zero-order valence-electron chi connectivity index (χ0n) is 15.7. The summed E-state index contributed by atoms with van der Waals surface area (Å²) in [6.07, 6.45) is 3.11. The predicted molar refractivity (Wildman–Crippen MR) is 106 cm³/mol. The second-order valence-electron chi connectivity index (χ2n) is 6.40. The number of benzene rings is 1. The number of hydrogen-bond acceptors (Lipinski definition) is 8. The molecule has 6 N–H and O–H groups in total. The lowest BCUT2D eigenvalue weighted by atomic mass is 10.0. The van der Waals surface area contributed by atoms with Crippen LogP contribution in [0.2, 0.25) is 0 Å². The van der Waals surface area contributed by atoms with Gasteiger partial charge in [-0.25, -0.2) is 4.98 Å². The van der Waals surface area contributed by atoms with E-state index in [0.717, 1.165) is 5.56 Å². The third kappa shape index (κ3) is 3.49. The smallest absolute Gasteiger partial charge is 0.274 e. The van der Waals surface area contributed by atoms with Gasteiger partial charge in [-0.1, -0.05) is 0 Å². The van der Waals surface area contributed by atoms with Gasteiger partial charge >= 0.3 is 0 Å². The number of aromatic nitrogens is 1. The lowest BCUT2D eigenvalue weighted by Crippen LogP contribution is -2.34. The van der Waals surface area contributed by atoms with Gasteiger partial charge in [0, 0.05) is 36.4 Å². The van der Waals surface area contributed by atoms with Gasteiger partial charge in [-0.3, -0.25) is 15.2 Å². The number of rotatable bonds is 4. The summed E-state index contributed by atoms with van der Waals surface area (Å²) in [5, 5.41) is 21.9. The second kappa shape index (κ2) is 7.38. The van der Waals surface area contributed by atoms with Crippen molar-refractivity contribution in [2.75, 3.05) is 18.1 Å². The first kappa shape index (κ1) is 18.9. The summed E-state index contributed by atoms with van der Waals surface area (Å²) in [6, 6.07) is 7.00. The summed E-state index contributed by atoms with van der Waals surface area (Å²) in [5.41, 5.74) is 15.9. The molecule has 0 saturated heterocycles. The van der Waals surface area contributed by atoms with Gasteiger partial charge in [0.25, 0.3) is 5.91 Å². The number of hydrogen-bond donors (Lipinski definition) is 5. The van der Waals surface area contributed by atoms with Gasteiger partial charge in [-0.05, 0) is 43.2 Å². The molecule has 0 fully saturated rings. The van der Waals surface area contributed by atoms with E-state index in [1.165, 1.54) is 6.20 Å². The molecule has 1 aromatic heterocycles. The molecule has 2 heterocycles. The van der Waals surface area contributed by atoms with E-state index >= 15 is 0 Å². The SMILES string of the molecule is Cc1c(C#N)cnc(C(=O)Nc2ccc(N)c(C(=N)C3=CN(C)NN3)c2)c1C. The van der Waals surface area contributed by atoms with Crippen LogP contribution in [0, 0.1) is 30.6 Å². The average molecular weight is 376 g/mol. The molecule has 0 aliphatic carbocycles. The van der Waals surface area contributed by atoms with Crippen LogP contribution in [0.3, 0.4) is 0 Å². The fourth-order valence-corrected chi connectivity index (χ4v) is 2.76. The molecule has 0 atom stereocenters. The lowest BCUT2D eigenvalue weighted by Gasteiger charge is -2.13. The Balaban J connectivity index is 1.87. The Kier molecular flexibility index (Phi) is 4.98. The van der Waals surface area contributed by atoms with Crippen LogP contribution in [0.25, 0.3) is 0 Å². The number of nitriles is 1. The molecule has 9 heteroatoms. The van der Waals surface area contributed by atoms with Gasteiger partial charge in [0.15, 0.2) is 0 Å². The normalized spacial score (nSPS) is 12.8. The molecule has 142 valence electrons. The number of hydrazine groups is 2. The Morgan fingerprint density at radius 1 is 1.36 bits per heavy atom. The standard InChI is InChI=1S/C19H20N8O/c1-10-11(2)18(23-8-12(10)7-20)19(28)24-13-4-5-15(21)14(6-13)17(22)16-9-27(3)26-25-16/h4-6,8-9,22,25-26H,21H2,1-3H3,(H,24,28). The van der Waals surface area contributed by atoms with Gasteiger partial charge in [-0.15, -0.1) is 5.53 Å². The number of amides is 1. The monoisotopic (exact) mass is 376 g/mol. The van der Waals surface area contributed by atoms with Crippen molar-refractivity contribution in [2.24, 2.45) is 0 Å². The van der Waals surface area contributed by atoms with Crippen molar-refractivity contribution >= 4 is 23.0 Å². The Morgan fingerprint density at radius 3 is 2.75 bits per heavy atom. The van der Waals surface area contributed by atoms with Crippen molar-refractivity contribution in [3.63, 3.8) is 0 Å². The number of anilines is 2. The molecule has 0 spiro atoms. The number of carbonyl (C=O) groups is 1. The summed E-state index contributed by atoms with van der Waals surface area (Å²) >= 11 is 0. The lowest BCUT2D eigenvalue weighted by molar-refractivity contribution is 0.102. The summed E-state index contributed by atoms with van der Waals surface area (Å²) in [7, 11) is 1.79. The zero-order valence-corrected chi connectivity index (χ0v) is 15.7. The predicted octanol–water partition coefficient (Wildman–Crippen LogP) is 1.57. The highest BCUT2D eigenvalue weighted by Gasteiger charge is 2.18. The quantitative estimate of drug-likeness (QED) is 0.402. The van der Waals surface area contributed by atoms with Gasteiger partial charge in [0.1, 0.15) is 11.8 Å². The van der Waals surface area contributed by atoms with E-state index < -0.39 is 5.91 Å². The Hall–Kier alpha value is -3.90. The maximum Gasteiger partial charge on any atom is 0.274 e. The first-order valence-electron chi connectivity index (χ1n) is 8.44. The van der Waals surface area contributed by atoms with Crippen LogP contribution in [0.1, 0.15) is 32.7 Å². The molecule has 1 aromatic carbocycles. The molecule has 28 heavy (non-hydrogen) atoms. The summed E-state index contributed by atoms with van der Waals surface area (Å²) in [4.78, 5) is 16.8. The van der Waals surface area contributed by atoms with E-state index in [1.807, 2.05) is 0 Å². The Labute approximate surface area is 162 Å². The van der Waals surface area contributed by atoms with Crippen molar-refractivity contribution in [1.29, 1.82) is 10.7 Å². The minimum atomic E-state index is -0.396. The molecular weight excluding hydrogens is 356 g/mol. The van der Waals surface area contributed by atoms with Crippen LogP contribution in [-0.4, -0.2) is 28.7 Å². The first-order valence-corrected chi connectivity index (χ1v) is 8.44. The topological polar surface area (TPSA) is 143 Å². The number of nitrogens with one attached hydrogen (secondary N) is 4. The van der Waals surface area contributed by atoms with Crippen LogP contribution in [0.4, 0.5) is 11.4 Å². The van der Waals surface area contributed by atoms with E-state index in [4.69, 9.17) is 16.4 Å². The van der Waals surface area contributed by atoms with Crippen LogP contribution < -0.4 is 22.0 Å². The first-order chi connectivity index (χ1) is 13.3. The minimum absolute atomic E-state index is 0.189. The summed E-state index contributed by atoms with van der Waals surface area (Å²) in [5.74, 6) is -0.396. The molecule has 1 amide bonds. The van der Waals surface area contributed by atoms with Crippen molar-refractivity contribution in [3.8, 4) is 6.07 Å². The number of nitrogen functional groups attached to an aromatic ring is 1. The van der Waals surface area contributed by atoms with E-state index in [-0.39, 0.29) is 11.4 Å². The molecule has 3 rings (SSSR count). The number of pyridine rings is 1. The van der Waals surface area contributed by atoms with Crippen molar-refractivity contribution in [1.82, 2.24) is 21.0 Å². The number of allylic oxidation sites excluding steroid dienone is 1. The molecule has 1 aliphatic rings. The van der Waals surface area contributed by atoms with Crippen LogP contribution >= 0.6 is 0 Å². The average Bonchev–Trinajstić information content (AvgIpc) is 3.11. The molecule has 9 nitrogen and oxygen atoms in total. The molecule has 0 unspecified atom stereocenters. The number of nitrogens with two attached hydrogens (primary N) is 1. The van der Waals surface area contributed by atoms with E-state index in [0.29, 0.717) is 33.8 Å². The van der Waals surface area contributed by atoms with Crippen LogP contribution in [0.5, 0.6) is 0 Å². The Morgan fingerprint density at radius 2 is 2.11 bits per heavy atom. The molecule has 0 bridgehead atoms. The van der Waals surface area contributed by atoms with Gasteiger partial charge in [0.05, 0.1) is 17.0 Å². The maximum atomic E-state index is 12.7. The van der Waals surface area contributed by atoms with Crippen LogP contribution in [0.15, 0.2) is 36.3 Å². The summed E-state index contributed by atoms with van der Waals surface area (Å²) < 4.78 is 0. The molecule has 0 saturated carbocycles. The molecule has 1 aliphatic heterocycles. The maximum absolute atomic E-state index is 12.7. The van der Waals surface area contributed by atoms with Gasteiger partial charge in [-0.2, -0.15) is 5.26 Å². The second-order valence-corrected chi connectivity index (χ2v) is 6.40. The van der Waals surface area contributed by atoms with Crippen molar-refractivity contribution in [2.45, 2.75) is 13.8 Å². The molecular formula is C19H20N8O. The van der Waals surface area contributed by atoms with Crippen molar-refractivity contribution < 1.29 is 4.79 Å².